The van der Waals surface area contributed by atoms with Crippen LogP contribution in [0, 0.1) is 0 Å². The van der Waals surface area contributed by atoms with E-state index in [-0.39, 0.29) is 12.6 Å². The highest BCUT2D eigenvalue weighted by Crippen LogP contribution is 2.31. The van der Waals surface area contributed by atoms with Crippen molar-refractivity contribution in [1.82, 2.24) is 21.1 Å². The molecule has 3 rings (SSSR count). The monoisotopic (exact) mass is 414 g/mol. The van der Waals surface area contributed by atoms with Crippen molar-refractivity contribution in [3.05, 3.63) is 70.7 Å². The fourth-order valence-corrected chi connectivity index (χ4v) is 3.68. The number of hydrogen-bond acceptors (Lipinski definition) is 4. The van der Waals surface area contributed by atoms with Gasteiger partial charge in [-0.05, 0) is 30.5 Å². The van der Waals surface area contributed by atoms with Gasteiger partial charge in [0.25, 0.3) is 11.8 Å². The van der Waals surface area contributed by atoms with Crippen LogP contribution in [0.25, 0.3) is 0 Å². The molecule has 0 aliphatic carbocycles. The first-order valence-corrected chi connectivity index (χ1v) is 9.76. The minimum Gasteiger partial charge on any atom is -0.318 e. The average Bonchev–Trinajstić information content (AvgIpc) is 2.98. The SMILES string of the molecule is CC[C@@]1(c2ccccc2)NC(=O)N(NC(=O)CN[C@@H](C)c2ccccc2Cl)C1=O. The van der Waals surface area contributed by atoms with Crippen LogP contribution in [0.4, 0.5) is 4.79 Å². The second-order valence-corrected chi connectivity index (χ2v) is 7.26. The molecule has 29 heavy (non-hydrogen) atoms. The van der Waals surface area contributed by atoms with E-state index in [1.54, 1.807) is 30.3 Å². The molecule has 1 saturated heterocycles. The van der Waals surface area contributed by atoms with Gasteiger partial charge in [-0.2, -0.15) is 5.01 Å². The minimum atomic E-state index is -1.19. The smallest absolute Gasteiger partial charge is 0.318 e. The van der Waals surface area contributed by atoms with Crippen molar-refractivity contribution in [2.75, 3.05) is 6.54 Å². The summed E-state index contributed by atoms with van der Waals surface area (Å²) in [6.07, 6.45) is 0.357. The summed E-state index contributed by atoms with van der Waals surface area (Å²) in [5.74, 6) is -1.02. The largest absolute Gasteiger partial charge is 0.344 e. The lowest BCUT2D eigenvalue weighted by atomic mass is 9.87. The van der Waals surface area contributed by atoms with Crippen LogP contribution < -0.4 is 16.1 Å². The number of nitrogens with zero attached hydrogens (tertiary/aromatic N) is 1. The zero-order valence-electron chi connectivity index (χ0n) is 16.2. The highest BCUT2D eigenvalue weighted by Gasteiger charge is 2.52. The molecule has 2 aromatic carbocycles. The number of imide groups is 1. The van der Waals surface area contributed by atoms with Gasteiger partial charge in [-0.3, -0.25) is 15.0 Å². The molecule has 0 spiro atoms. The molecule has 0 aromatic heterocycles. The number of amides is 4. The molecule has 2 atom stereocenters. The Labute approximate surface area is 174 Å². The van der Waals surface area contributed by atoms with Gasteiger partial charge in [0.2, 0.25) is 0 Å². The van der Waals surface area contributed by atoms with Crippen LogP contribution >= 0.6 is 11.6 Å². The van der Waals surface area contributed by atoms with Gasteiger partial charge in [0, 0.05) is 11.1 Å². The molecule has 152 valence electrons. The molecule has 1 aliphatic heterocycles. The molecule has 0 radical (unpaired) electrons. The van der Waals surface area contributed by atoms with E-state index < -0.39 is 23.4 Å². The predicted molar refractivity (Wildman–Crippen MR) is 110 cm³/mol. The van der Waals surface area contributed by atoms with Gasteiger partial charge in [0.1, 0.15) is 5.54 Å². The third kappa shape index (κ3) is 4.11. The highest BCUT2D eigenvalue weighted by atomic mass is 35.5. The normalized spacial score (nSPS) is 19.8. The fraction of sp³-hybridized carbons (Fsp3) is 0.286. The lowest BCUT2D eigenvalue weighted by Crippen LogP contribution is -2.50. The molecule has 8 heteroatoms. The Morgan fingerprint density at radius 1 is 1.14 bits per heavy atom. The molecular weight excluding hydrogens is 392 g/mol. The number of carbonyl (C=O) groups excluding carboxylic acids is 3. The number of benzene rings is 2. The Bertz CT molecular complexity index is 921. The second-order valence-electron chi connectivity index (χ2n) is 6.85. The Morgan fingerprint density at radius 3 is 2.45 bits per heavy atom. The highest BCUT2D eigenvalue weighted by molar-refractivity contribution is 6.31. The van der Waals surface area contributed by atoms with E-state index >= 15 is 0 Å². The van der Waals surface area contributed by atoms with E-state index in [4.69, 9.17) is 11.6 Å². The van der Waals surface area contributed by atoms with Gasteiger partial charge in [0.05, 0.1) is 6.54 Å². The van der Waals surface area contributed by atoms with Crippen molar-refractivity contribution in [3.8, 4) is 0 Å². The Kier molecular flexibility index (Phi) is 6.20. The summed E-state index contributed by atoms with van der Waals surface area (Å²) in [6, 6.07) is 15.5. The van der Waals surface area contributed by atoms with Crippen LogP contribution in [0.15, 0.2) is 54.6 Å². The minimum absolute atomic E-state index is 0.0894. The fourth-order valence-electron chi connectivity index (χ4n) is 3.38. The standard InChI is InChI=1S/C21H23ClN4O3/c1-3-21(15-9-5-4-6-10-15)19(28)26(20(29)24-21)25-18(27)13-23-14(2)16-11-7-8-12-17(16)22/h4-12,14,23H,3,13H2,1-2H3,(H,24,29)(H,25,27)/t14-,21-/m0/s1. The first kappa shape index (κ1) is 20.8. The van der Waals surface area contributed by atoms with Crippen molar-refractivity contribution in [1.29, 1.82) is 0 Å². The van der Waals surface area contributed by atoms with Crippen molar-refractivity contribution >= 4 is 29.4 Å². The number of urea groups is 1. The summed E-state index contributed by atoms with van der Waals surface area (Å²) < 4.78 is 0. The van der Waals surface area contributed by atoms with Crippen LogP contribution in [0.1, 0.15) is 37.4 Å². The van der Waals surface area contributed by atoms with Crippen LogP contribution in [0.3, 0.4) is 0 Å². The first-order chi connectivity index (χ1) is 13.9. The number of halogens is 1. The molecular formula is C21H23ClN4O3. The molecule has 1 aliphatic rings. The van der Waals surface area contributed by atoms with Gasteiger partial charge in [-0.1, -0.05) is 67.1 Å². The summed E-state index contributed by atoms with van der Waals surface area (Å²) in [5.41, 5.74) is 2.73. The van der Waals surface area contributed by atoms with Crippen molar-refractivity contribution in [3.63, 3.8) is 0 Å². The second kappa shape index (κ2) is 8.63. The van der Waals surface area contributed by atoms with Gasteiger partial charge >= 0.3 is 6.03 Å². The molecule has 1 heterocycles. The maximum atomic E-state index is 13.0. The van der Waals surface area contributed by atoms with Crippen LogP contribution in [-0.2, 0) is 15.1 Å². The molecule has 2 aromatic rings. The zero-order chi connectivity index (χ0) is 21.0. The lowest BCUT2D eigenvalue weighted by Gasteiger charge is -2.25. The summed E-state index contributed by atoms with van der Waals surface area (Å²) in [4.78, 5) is 37.8. The van der Waals surface area contributed by atoms with Crippen molar-refractivity contribution in [2.45, 2.75) is 31.8 Å². The maximum Gasteiger partial charge on any atom is 0.344 e. The third-order valence-corrected chi connectivity index (χ3v) is 5.41. The number of rotatable bonds is 7. The Hall–Kier alpha value is -2.90. The molecule has 3 N–H and O–H groups in total. The summed E-state index contributed by atoms with van der Waals surface area (Å²) in [6.45, 7) is 3.59. The van der Waals surface area contributed by atoms with Gasteiger partial charge < -0.3 is 10.6 Å². The first-order valence-electron chi connectivity index (χ1n) is 9.38. The van der Waals surface area contributed by atoms with E-state index in [2.05, 4.69) is 16.1 Å². The number of hydrogen-bond donors (Lipinski definition) is 3. The maximum absolute atomic E-state index is 13.0. The van der Waals surface area contributed by atoms with Crippen LogP contribution in [0.5, 0.6) is 0 Å². The van der Waals surface area contributed by atoms with Crippen molar-refractivity contribution < 1.29 is 14.4 Å². The van der Waals surface area contributed by atoms with Gasteiger partial charge in [-0.15, -0.1) is 0 Å². The number of carbonyl (C=O) groups is 3. The topological polar surface area (TPSA) is 90.5 Å². The summed E-state index contributed by atoms with van der Waals surface area (Å²) >= 11 is 6.17. The number of hydrazine groups is 1. The van der Waals surface area contributed by atoms with Crippen molar-refractivity contribution in [2.24, 2.45) is 0 Å². The van der Waals surface area contributed by atoms with E-state index in [0.29, 0.717) is 17.0 Å². The molecule has 1 fully saturated rings. The lowest BCUT2D eigenvalue weighted by molar-refractivity contribution is -0.139. The van der Waals surface area contributed by atoms with Crippen LogP contribution in [0.2, 0.25) is 5.02 Å². The molecule has 0 unspecified atom stereocenters. The number of nitrogens with one attached hydrogen (secondary N) is 3. The van der Waals surface area contributed by atoms with Gasteiger partial charge in [-0.25, -0.2) is 4.79 Å². The quantitative estimate of drug-likeness (QED) is 0.607. The van der Waals surface area contributed by atoms with Crippen LogP contribution in [-0.4, -0.2) is 29.4 Å². The molecule has 0 saturated carbocycles. The Balaban J connectivity index is 1.65. The average molecular weight is 415 g/mol. The zero-order valence-corrected chi connectivity index (χ0v) is 17.0. The molecule has 0 bridgehead atoms. The predicted octanol–water partition coefficient (Wildman–Crippen LogP) is 2.88. The van der Waals surface area contributed by atoms with E-state index in [1.807, 2.05) is 38.1 Å². The molecule has 7 nitrogen and oxygen atoms in total. The Morgan fingerprint density at radius 2 is 1.79 bits per heavy atom. The van der Waals surface area contributed by atoms with E-state index in [9.17, 15) is 14.4 Å². The third-order valence-electron chi connectivity index (χ3n) is 5.07. The molecule has 4 amide bonds. The van der Waals surface area contributed by atoms with Gasteiger partial charge in [0.15, 0.2) is 0 Å². The summed E-state index contributed by atoms with van der Waals surface area (Å²) in [5, 5.41) is 7.11. The van der Waals surface area contributed by atoms with E-state index in [1.165, 1.54) is 0 Å². The van der Waals surface area contributed by atoms with E-state index in [0.717, 1.165) is 10.6 Å². The summed E-state index contributed by atoms with van der Waals surface area (Å²) in [7, 11) is 0.